The molecule has 1 unspecified atom stereocenters. The van der Waals surface area contributed by atoms with Crippen molar-refractivity contribution in [3.63, 3.8) is 0 Å². The number of carbonyl (C=O) groups is 3. The number of anilines is 2. The van der Waals surface area contributed by atoms with E-state index in [9.17, 15) is 14.4 Å². The minimum absolute atomic E-state index is 0.0236. The van der Waals surface area contributed by atoms with Crippen molar-refractivity contribution in [1.82, 2.24) is 4.90 Å². The van der Waals surface area contributed by atoms with Crippen molar-refractivity contribution in [1.29, 1.82) is 0 Å². The second-order valence-corrected chi connectivity index (χ2v) is 7.43. The lowest BCUT2D eigenvalue weighted by Crippen LogP contribution is -2.30. The van der Waals surface area contributed by atoms with Gasteiger partial charge in [-0.15, -0.1) is 0 Å². The van der Waals surface area contributed by atoms with E-state index in [1.807, 2.05) is 38.1 Å². The Labute approximate surface area is 177 Å². The molecule has 0 bridgehead atoms. The molecule has 1 fully saturated rings. The minimum atomic E-state index is -0.403. The van der Waals surface area contributed by atoms with Gasteiger partial charge in [0.05, 0.1) is 5.92 Å². The van der Waals surface area contributed by atoms with E-state index in [-0.39, 0.29) is 24.1 Å². The van der Waals surface area contributed by atoms with Gasteiger partial charge in [-0.25, -0.2) is 0 Å². The fraction of sp³-hybridized carbons (Fsp3) is 0.375. The maximum absolute atomic E-state index is 12.7. The fourth-order valence-electron chi connectivity index (χ4n) is 3.82. The molecule has 1 aliphatic heterocycles. The Hall–Kier alpha value is -3.15. The maximum atomic E-state index is 12.7. The minimum Gasteiger partial charge on any atom is -0.339 e. The Morgan fingerprint density at radius 3 is 2.33 bits per heavy atom. The molecule has 1 atom stereocenters. The molecule has 0 radical (unpaired) electrons. The summed E-state index contributed by atoms with van der Waals surface area (Å²) in [5.74, 6) is -0.636. The van der Waals surface area contributed by atoms with E-state index in [2.05, 4.69) is 12.2 Å². The first-order valence-corrected chi connectivity index (χ1v) is 10.6. The maximum Gasteiger partial charge on any atom is 0.253 e. The summed E-state index contributed by atoms with van der Waals surface area (Å²) in [7, 11) is 0. The van der Waals surface area contributed by atoms with Crippen LogP contribution in [0.3, 0.4) is 0 Å². The zero-order chi connectivity index (χ0) is 21.7. The lowest BCUT2D eigenvalue weighted by atomic mass is 10.1. The Morgan fingerprint density at radius 2 is 1.70 bits per heavy atom. The number of aryl methyl sites for hydroxylation is 1. The van der Waals surface area contributed by atoms with Crippen LogP contribution in [0.25, 0.3) is 0 Å². The molecular weight excluding hydrogens is 378 g/mol. The smallest absolute Gasteiger partial charge is 0.253 e. The second kappa shape index (κ2) is 9.57. The highest BCUT2D eigenvalue weighted by molar-refractivity contribution is 6.04. The zero-order valence-corrected chi connectivity index (χ0v) is 17.9. The summed E-state index contributed by atoms with van der Waals surface area (Å²) in [5.41, 5.74) is 3.20. The second-order valence-electron chi connectivity index (χ2n) is 7.43. The average Bonchev–Trinajstić information content (AvgIpc) is 3.16. The predicted octanol–water partition coefficient (Wildman–Crippen LogP) is 3.72. The van der Waals surface area contributed by atoms with Crippen molar-refractivity contribution in [2.24, 2.45) is 5.92 Å². The number of nitrogens with one attached hydrogen (secondary N) is 1. The monoisotopic (exact) mass is 407 g/mol. The fourth-order valence-corrected chi connectivity index (χ4v) is 3.82. The van der Waals surface area contributed by atoms with Gasteiger partial charge >= 0.3 is 0 Å². The Balaban J connectivity index is 1.65. The van der Waals surface area contributed by atoms with E-state index in [0.717, 1.165) is 17.7 Å². The molecule has 6 nitrogen and oxygen atoms in total. The number of para-hydroxylation sites is 1. The van der Waals surface area contributed by atoms with Crippen molar-refractivity contribution >= 4 is 29.1 Å². The van der Waals surface area contributed by atoms with E-state index in [1.54, 1.807) is 34.1 Å². The van der Waals surface area contributed by atoms with Crippen molar-refractivity contribution in [2.75, 3.05) is 29.9 Å². The van der Waals surface area contributed by atoms with Gasteiger partial charge < -0.3 is 15.1 Å². The first-order valence-electron chi connectivity index (χ1n) is 10.6. The van der Waals surface area contributed by atoms with E-state index in [1.165, 1.54) is 0 Å². The highest BCUT2D eigenvalue weighted by Gasteiger charge is 2.35. The summed E-state index contributed by atoms with van der Waals surface area (Å²) in [6, 6.07) is 14.7. The molecule has 2 aromatic carbocycles. The number of carbonyl (C=O) groups excluding carboxylic acids is 3. The molecule has 1 N–H and O–H groups in total. The van der Waals surface area contributed by atoms with Crippen LogP contribution >= 0.6 is 0 Å². The zero-order valence-electron chi connectivity index (χ0n) is 17.9. The highest BCUT2D eigenvalue weighted by atomic mass is 16.2. The molecule has 1 saturated heterocycles. The van der Waals surface area contributed by atoms with Gasteiger partial charge in [-0.1, -0.05) is 25.1 Å². The predicted molar refractivity (Wildman–Crippen MR) is 119 cm³/mol. The molecule has 0 spiro atoms. The lowest BCUT2D eigenvalue weighted by molar-refractivity contribution is -0.122. The molecule has 1 heterocycles. The number of rotatable bonds is 7. The molecule has 2 aromatic rings. The quantitative estimate of drug-likeness (QED) is 0.760. The van der Waals surface area contributed by atoms with Gasteiger partial charge in [-0.3, -0.25) is 14.4 Å². The van der Waals surface area contributed by atoms with E-state index < -0.39 is 5.92 Å². The molecule has 3 amide bonds. The number of amides is 3. The summed E-state index contributed by atoms with van der Waals surface area (Å²) in [5, 5.41) is 2.89. The third-order valence-electron chi connectivity index (χ3n) is 5.61. The lowest BCUT2D eigenvalue weighted by Gasteiger charge is -2.20. The number of benzene rings is 2. The first kappa shape index (κ1) is 21.6. The number of nitrogens with zero attached hydrogens (tertiary/aromatic N) is 2. The molecule has 3 rings (SSSR count). The van der Waals surface area contributed by atoms with Crippen LogP contribution in [0.2, 0.25) is 0 Å². The van der Waals surface area contributed by atoms with Crippen LogP contribution in [0, 0.1) is 5.92 Å². The van der Waals surface area contributed by atoms with E-state index in [4.69, 9.17) is 0 Å². The van der Waals surface area contributed by atoms with Crippen molar-refractivity contribution < 1.29 is 14.4 Å². The topological polar surface area (TPSA) is 69.7 Å². The molecule has 0 aliphatic carbocycles. The Morgan fingerprint density at radius 1 is 1.03 bits per heavy atom. The summed E-state index contributed by atoms with van der Waals surface area (Å²) in [6.45, 7) is 7.63. The van der Waals surface area contributed by atoms with Gasteiger partial charge in [-0.2, -0.15) is 0 Å². The van der Waals surface area contributed by atoms with Gasteiger partial charge in [0.1, 0.15) is 0 Å². The SMILES string of the molecule is CCc1ccccc1N1CC(C(=O)Nc2ccc(C(=O)N(CC)CC)cc2)CC1=O. The van der Waals surface area contributed by atoms with E-state index >= 15 is 0 Å². The highest BCUT2D eigenvalue weighted by Crippen LogP contribution is 2.29. The molecule has 0 saturated carbocycles. The molecular formula is C24H29N3O3. The Bertz CT molecular complexity index is 920. The summed E-state index contributed by atoms with van der Waals surface area (Å²) in [6.07, 6.45) is 1.03. The van der Waals surface area contributed by atoms with Crippen LogP contribution in [0.15, 0.2) is 48.5 Å². The van der Waals surface area contributed by atoms with Crippen LogP contribution in [-0.4, -0.2) is 42.3 Å². The number of hydrogen-bond donors (Lipinski definition) is 1. The summed E-state index contributed by atoms with van der Waals surface area (Å²) >= 11 is 0. The Kier molecular flexibility index (Phi) is 6.87. The third kappa shape index (κ3) is 4.53. The van der Waals surface area contributed by atoms with Crippen LogP contribution in [0.4, 0.5) is 11.4 Å². The first-order chi connectivity index (χ1) is 14.5. The van der Waals surface area contributed by atoms with Gasteiger partial charge in [0, 0.05) is 43.0 Å². The molecule has 0 aromatic heterocycles. The molecule has 158 valence electrons. The molecule has 30 heavy (non-hydrogen) atoms. The van der Waals surface area contributed by atoms with Gasteiger partial charge in [0.25, 0.3) is 5.91 Å². The molecule has 6 heteroatoms. The van der Waals surface area contributed by atoms with Gasteiger partial charge in [0.2, 0.25) is 11.8 Å². The average molecular weight is 408 g/mol. The molecule has 1 aliphatic rings. The van der Waals surface area contributed by atoms with Crippen molar-refractivity contribution in [3.05, 3.63) is 59.7 Å². The largest absolute Gasteiger partial charge is 0.339 e. The normalized spacial score (nSPS) is 15.9. The third-order valence-corrected chi connectivity index (χ3v) is 5.61. The standard InChI is InChI=1S/C24H29N3O3/c1-4-17-9-7-8-10-21(17)27-16-19(15-22(27)28)23(29)25-20-13-11-18(12-14-20)24(30)26(5-2)6-3/h7-14,19H,4-6,15-16H2,1-3H3,(H,25,29). The van der Waals surface area contributed by atoms with Gasteiger partial charge in [-0.05, 0) is 56.2 Å². The summed E-state index contributed by atoms with van der Waals surface area (Å²) in [4.78, 5) is 41.2. The van der Waals surface area contributed by atoms with Crippen molar-refractivity contribution in [2.45, 2.75) is 33.6 Å². The van der Waals surface area contributed by atoms with E-state index in [0.29, 0.717) is 30.9 Å². The van der Waals surface area contributed by atoms with Crippen LogP contribution < -0.4 is 10.2 Å². The number of hydrogen-bond acceptors (Lipinski definition) is 3. The van der Waals surface area contributed by atoms with Gasteiger partial charge in [0.15, 0.2) is 0 Å². The van der Waals surface area contributed by atoms with Crippen LogP contribution in [-0.2, 0) is 16.0 Å². The van der Waals surface area contributed by atoms with Crippen LogP contribution in [0.1, 0.15) is 43.1 Å². The van der Waals surface area contributed by atoms with Crippen LogP contribution in [0.5, 0.6) is 0 Å². The van der Waals surface area contributed by atoms with Crippen molar-refractivity contribution in [3.8, 4) is 0 Å². The summed E-state index contributed by atoms with van der Waals surface area (Å²) < 4.78 is 0.